The summed E-state index contributed by atoms with van der Waals surface area (Å²) in [5.74, 6) is 0.507. The van der Waals surface area contributed by atoms with Gasteiger partial charge >= 0.3 is 0 Å². The van der Waals surface area contributed by atoms with Gasteiger partial charge in [0, 0.05) is 11.3 Å². The second kappa shape index (κ2) is 5.79. The summed E-state index contributed by atoms with van der Waals surface area (Å²) in [5.41, 5.74) is 5.22. The summed E-state index contributed by atoms with van der Waals surface area (Å²) >= 11 is 0. The maximum atomic E-state index is 12.9. The topological polar surface area (TPSA) is 37.8 Å². The Hall–Kier alpha value is -1.77. The minimum Gasteiger partial charge on any atom is -0.295 e. The highest BCUT2D eigenvalue weighted by Gasteiger charge is 2.26. The largest absolute Gasteiger partial charge is 0.295 e. The van der Waals surface area contributed by atoms with Gasteiger partial charge in [-0.25, -0.2) is 4.68 Å². The van der Waals surface area contributed by atoms with Crippen LogP contribution in [-0.2, 0) is 11.8 Å². The first-order chi connectivity index (χ1) is 10.1. The minimum absolute atomic E-state index is 0.0754. The van der Waals surface area contributed by atoms with Gasteiger partial charge in [0.15, 0.2) is 0 Å². The molecule has 1 N–H and O–H groups in total. The molecule has 0 saturated heterocycles. The zero-order valence-electron chi connectivity index (χ0n) is 14.9. The fraction of sp³-hybridized carbons (Fsp3) is 0.526. The van der Waals surface area contributed by atoms with Crippen molar-refractivity contribution in [2.75, 3.05) is 0 Å². The molecule has 1 heterocycles. The Labute approximate surface area is 133 Å². The number of aryl methyl sites for hydroxylation is 2. The lowest BCUT2D eigenvalue weighted by Gasteiger charge is -2.18. The Bertz CT molecular complexity index is 727. The van der Waals surface area contributed by atoms with Crippen molar-refractivity contribution in [1.82, 2.24) is 9.78 Å². The third-order valence-electron chi connectivity index (χ3n) is 4.08. The van der Waals surface area contributed by atoms with E-state index in [-0.39, 0.29) is 11.0 Å². The summed E-state index contributed by atoms with van der Waals surface area (Å²) < 4.78 is 1.70. The minimum atomic E-state index is -0.164. The Kier molecular flexibility index (Phi) is 4.37. The van der Waals surface area contributed by atoms with Gasteiger partial charge in [-0.15, -0.1) is 0 Å². The van der Waals surface area contributed by atoms with E-state index in [4.69, 9.17) is 0 Å². The number of aromatic nitrogens is 2. The molecule has 0 bridgehead atoms. The van der Waals surface area contributed by atoms with E-state index < -0.39 is 0 Å². The molecule has 0 fully saturated rings. The van der Waals surface area contributed by atoms with E-state index in [0.29, 0.717) is 5.92 Å². The van der Waals surface area contributed by atoms with Crippen LogP contribution in [0, 0.1) is 19.8 Å². The number of H-pyrrole nitrogens is 1. The molecule has 0 aliphatic rings. The predicted molar refractivity (Wildman–Crippen MR) is 93.1 cm³/mol. The maximum absolute atomic E-state index is 12.9. The van der Waals surface area contributed by atoms with Crippen molar-refractivity contribution < 1.29 is 0 Å². The van der Waals surface area contributed by atoms with Gasteiger partial charge in [0.05, 0.1) is 5.69 Å². The van der Waals surface area contributed by atoms with Gasteiger partial charge in [-0.05, 0) is 54.9 Å². The molecular weight excluding hydrogens is 272 g/mol. The first kappa shape index (κ1) is 16.6. The number of rotatable bonds is 3. The smallest absolute Gasteiger partial charge is 0.275 e. The molecule has 2 rings (SSSR count). The van der Waals surface area contributed by atoms with Crippen molar-refractivity contribution in [2.45, 2.75) is 60.3 Å². The Morgan fingerprint density at radius 1 is 1.14 bits per heavy atom. The van der Waals surface area contributed by atoms with Crippen LogP contribution in [0.1, 0.15) is 57.0 Å². The molecule has 3 heteroatoms. The Morgan fingerprint density at radius 2 is 1.77 bits per heavy atom. The highest BCUT2D eigenvalue weighted by Crippen LogP contribution is 2.25. The Balaban J connectivity index is 2.65. The van der Waals surface area contributed by atoms with Crippen molar-refractivity contribution in [1.29, 1.82) is 0 Å². The lowest BCUT2D eigenvalue weighted by Crippen LogP contribution is -2.26. The molecule has 0 amide bonds. The monoisotopic (exact) mass is 300 g/mol. The number of hydrogen-bond donors (Lipinski definition) is 1. The van der Waals surface area contributed by atoms with Crippen LogP contribution in [-0.4, -0.2) is 9.78 Å². The molecule has 0 radical (unpaired) electrons. The van der Waals surface area contributed by atoms with Crippen LogP contribution in [0.3, 0.4) is 0 Å². The van der Waals surface area contributed by atoms with Crippen LogP contribution >= 0.6 is 0 Å². The van der Waals surface area contributed by atoms with Crippen LogP contribution in [0.15, 0.2) is 23.0 Å². The van der Waals surface area contributed by atoms with Crippen LogP contribution in [0.5, 0.6) is 0 Å². The molecule has 120 valence electrons. The molecule has 2 aromatic rings. The SMILES string of the molecule is Cc1ccc(-n2[nH]c(CC(C)C)c(C(C)(C)C)c2=O)cc1C. The normalized spacial score (nSPS) is 12.2. The first-order valence-electron chi connectivity index (χ1n) is 8.03. The van der Waals surface area contributed by atoms with Gasteiger partial charge in [0.2, 0.25) is 0 Å². The summed E-state index contributed by atoms with van der Waals surface area (Å²) in [7, 11) is 0. The lowest BCUT2D eigenvalue weighted by molar-refractivity contribution is 0.561. The maximum Gasteiger partial charge on any atom is 0.275 e. The number of hydrogen-bond acceptors (Lipinski definition) is 1. The zero-order valence-corrected chi connectivity index (χ0v) is 14.9. The van der Waals surface area contributed by atoms with Crippen LogP contribution in [0.4, 0.5) is 0 Å². The summed E-state index contributed by atoms with van der Waals surface area (Å²) in [6.07, 6.45) is 0.889. The van der Waals surface area contributed by atoms with Crippen molar-refractivity contribution in [3.8, 4) is 5.69 Å². The zero-order chi connectivity index (χ0) is 16.7. The molecule has 0 spiro atoms. The molecular formula is C19H28N2O. The second-order valence-electron chi connectivity index (χ2n) is 7.72. The van der Waals surface area contributed by atoms with Gasteiger partial charge in [-0.3, -0.25) is 9.89 Å². The second-order valence-corrected chi connectivity index (χ2v) is 7.72. The summed E-state index contributed by atoms with van der Waals surface area (Å²) in [5, 5.41) is 3.36. The predicted octanol–water partition coefficient (Wildman–Crippen LogP) is 4.28. The molecule has 0 aliphatic heterocycles. The van der Waals surface area contributed by atoms with E-state index in [1.807, 2.05) is 6.07 Å². The molecule has 3 nitrogen and oxygen atoms in total. The van der Waals surface area contributed by atoms with Gasteiger partial charge < -0.3 is 0 Å². The fourth-order valence-electron chi connectivity index (χ4n) is 2.86. The van der Waals surface area contributed by atoms with E-state index in [9.17, 15) is 4.79 Å². The van der Waals surface area contributed by atoms with E-state index in [1.54, 1.807) is 4.68 Å². The van der Waals surface area contributed by atoms with E-state index in [2.05, 4.69) is 65.7 Å². The van der Waals surface area contributed by atoms with Gasteiger partial charge in [0.25, 0.3) is 5.56 Å². The molecule has 1 aromatic carbocycles. The summed E-state index contributed by atoms with van der Waals surface area (Å²) in [6, 6.07) is 6.14. The lowest BCUT2D eigenvalue weighted by atomic mass is 9.85. The quantitative estimate of drug-likeness (QED) is 0.902. The first-order valence-corrected chi connectivity index (χ1v) is 8.03. The van der Waals surface area contributed by atoms with Gasteiger partial charge in [0.1, 0.15) is 0 Å². The molecule has 0 atom stereocenters. The summed E-state index contributed by atoms with van der Waals surface area (Å²) in [6.45, 7) is 14.8. The van der Waals surface area contributed by atoms with E-state index in [1.165, 1.54) is 11.1 Å². The third kappa shape index (κ3) is 3.18. The standard InChI is InChI=1S/C19H28N2O/c1-12(2)10-16-17(19(5,6)7)18(22)21(20-16)15-9-8-13(3)14(4)11-15/h8-9,11-12,20H,10H2,1-7H3. The van der Waals surface area contributed by atoms with E-state index >= 15 is 0 Å². The molecule has 0 aliphatic carbocycles. The molecule has 22 heavy (non-hydrogen) atoms. The van der Waals surface area contributed by atoms with Gasteiger partial charge in [-0.1, -0.05) is 40.7 Å². The number of benzene rings is 1. The van der Waals surface area contributed by atoms with Crippen molar-refractivity contribution in [3.05, 3.63) is 50.9 Å². The number of nitrogens with zero attached hydrogens (tertiary/aromatic N) is 1. The van der Waals surface area contributed by atoms with Crippen LogP contribution in [0.2, 0.25) is 0 Å². The third-order valence-corrected chi connectivity index (χ3v) is 4.08. The van der Waals surface area contributed by atoms with Crippen LogP contribution < -0.4 is 5.56 Å². The van der Waals surface area contributed by atoms with Gasteiger partial charge in [-0.2, -0.15) is 0 Å². The summed E-state index contributed by atoms with van der Waals surface area (Å²) in [4.78, 5) is 12.9. The van der Waals surface area contributed by atoms with Crippen molar-refractivity contribution in [2.24, 2.45) is 5.92 Å². The highest BCUT2D eigenvalue weighted by atomic mass is 16.1. The van der Waals surface area contributed by atoms with Crippen molar-refractivity contribution >= 4 is 0 Å². The van der Waals surface area contributed by atoms with E-state index in [0.717, 1.165) is 23.4 Å². The molecule has 0 saturated carbocycles. The van der Waals surface area contributed by atoms with Crippen LogP contribution in [0.25, 0.3) is 5.69 Å². The average Bonchev–Trinajstić information content (AvgIpc) is 2.68. The average molecular weight is 300 g/mol. The molecule has 1 aromatic heterocycles. The van der Waals surface area contributed by atoms with Crippen molar-refractivity contribution in [3.63, 3.8) is 0 Å². The fourth-order valence-corrected chi connectivity index (χ4v) is 2.86. The molecule has 0 unspecified atom stereocenters. The number of aromatic amines is 1. The number of nitrogens with one attached hydrogen (secondary N) is 1. The Morgan fingerprint density at radius 3 is 2.27 bits per heavy atom. The highest BCUT2D eigenvalue weighted by molar-refractivity contribution is 5.41.